The summed E-state index contributed by atoms with van der Waals surface area (Å²) in [6, 6.07) is 10.8. The van der Waals surface area contributed by atoms with Gasteiger partial charge in [0.05, 0.1) is 12.2 Å². The van der Waals surface area contributed by atoms with Gasteiger partial charge >= 0.3 is 5.97 Å². The average molecular weight is 440 g/mol. The van der Waals surface area contributed by atoms with Crippen LogP contribution in [-0.4, -0.2) is 37.2 Å². The van der Waals surface area contributed by atoms with Gasteiger partial charge in [-0.2, -0.15) is 0 Å². The second-order valence-electron chi connectivity index (χ2n) is 7.76. The molecule has 1 aliphatic heterocycles. The van der Waals surface area contributed by atoms with Crippen molar-refractivity contribution < 1.29 is 24.2 Å². The number of allylic oxidation sites excluding steroid dienone is 3. The van der Waals surface area contributed by atoms with Crippen molar-refractivity contribution in [2.24, 2.45) is 0 Å². The number of hydrogen-bond donors (Lipinski definition) is 2. The molecule has 2 aromatic rings. The maximum atomic E-state index is 13.4. The van der Waals surface area contributed by atoms with Crippen molar-refractivity contribution in [2.75, 3.05) is 20.3 Å². The molecular formula is C24H25NO5S. The third-order valence-electron chi connectivity index (χ3n) is 5.72. The van der Waals surface area contributed by atoms with E-state index >= 15 is 0 Å². The first-order valence-corrected chi connectivity index (χ1v) is 11.1. The van der Waals surface area contributed by atoms with Crippen molar-refractivity contribution in [3.05, 3.63) is 74.8 Å². The van der Waals surface area contributed by atoms with Crippen LogP contribution in [0.1, 0.15) is 42.0 Å². The van der Waals surface area contributed by atoms with Crippen molar-refractivity contribution in [3.63, 3.8) is 0 Å². The number of methoxy groups -OCH3 is 1. The van der Waals surface area contributed by atoms with Crippen molar-refractivity contribution in [1.29, 1.82) is 0 Å². The summed E-state index contributed by atoms with van der Waals surface area (Å²) in [5.41, 5.74) is 3.17. The molecule has 2 heterocycles. The number of phenols is 1. The highest BCUT2D eigenvalue weighted by molar-refractivity contribution is 7.10. The molecule has 0 spiro atoms. The Morgan fingerprint density at radius 2 is 2.06 bits per heavy atom. The summed E-state index contributed by atoms with van der Waals surface area (Å²) in [5, 5.41) is 15.4. The Hall–Kier alpha value is -2.90. The van der Waals surface area contributed by atoms with Gasteiger partial charge in [0.15, 0.2) is 5.78 Å². The van der Waals surface area contributed by atoms with Crippen molar-refractivity contribution in [1.82, 2.24) is 5.32 Å². The molecule has 0 amide bonds. The maximum Gasteiger partial charge on any atom is 0.336 e. The lowest BCUT2D eigenvalue weighted by atomic mass is 9.72. The molecule has 2 atom stereocenters. The molecule has 2 N–H and O–H groups in total. The van der Waals surface area contributed by atoms with Gasteiger partial charge in [0.25, 0.3) is 0 Å². The molecule has 0 unspecified atom stereocenters. The number of ketones is 1. The van der Waals surface area contributed by atoms with E-state index in [0.29, 0.717) is 35.2 Å². The Morgan fingerprint density at radius 3 is 2.77 bits per heavy atom. The van der Waals surface area contributed by atoms with E-state index in [1.54, 1.807) is 29.5 Å². The highest BCUT2D eigenvalue weighted by Gasteiger charge is 2.41. The summed E-state index contributed by atoms with van der Waals surface area (Å²) in [6.07, 6.45) is 1.08. The molecule has 1 aromatic heterocycles. The first-order valence-electron chi connectivity index (χ1n) is 10.2. The number of phenolic OH excluding ortho intramolecular Hbond substituents is 1. The number of hydrogen-bond acceptors (Lipinski definition) is 7. The van der Waals surface area contributed by atoms with Gasteiger partial charge in [-0.1, -0.05) is 18.2 Å². The van der Waals surface area contributed by atoms with Crippen LogP contribution in [-0.2, 0) is 19.1 Å². The molecule has 6 nitrogen and oxygen atoms in total. The average Bonchev–Trinajstić information content (AvgIpc) is 3.27. The summed E-state index contributed by atoms with van der Waals surface area (Å²) in [4.78, 5) is 27.6. The van der Waals surface area contributed by atoms with Gasteiger partial charge < -0.3 is 19.9 Å². The normalized spacial score (nSPS) is 21.0. The standard InChI is InChI=1S/C24H25NO5S/c1-14-21(24(28)30-9-8-29-2)22(15-5-3-6-17(26)11-15)23-18(25-14)12-16(13-19(23)27)20-7-4-10-31-20/h3-7,10-11,16,22,25-26H,8-9,12-13H2,1-2H3/t16-,22-/m1/s1. The third kappa shape index (κ3) is 4.29. The van der Waals surface area contributed by atoms with E-state index in [2.05, 4.69) is 11.4 Å². The minimum Gasteiger partial charge on any atom is -0.508 e. The van der Waals surface area contributed by atoms with E-state index in [-0.39, 0.29) is 30.7 Å². The summed E-state index contributed by atoms with van der Waals surface area (Å²) in [6.45, 7) is 2.24. The van der Waals surface area contributed by atoms with Crippen molar-refractivity contribution >= 4 is 23.1 Å². The SMILES string of the molecule is COCCOC(=O)C1=C(C)NC2=C(C(=O)C[C@H](c3cccs3)C2)[C@@H]1c1cccc(O)c1. The molecule has 1 aliphatic carbocycles. The number of esters is 1. The lowest BCUT2D eigenvalue weighted by Gasteiger charge is -2.36. The molecule has 4 rings (SSSR count). The monoisotopic (exact) mass is 439 g/mol. The van der Waals surface area contributed by atoms with Crippen LogP contribution in [0.3, 0.4) is 0 Å². The van der Waals surface area contributed by atoms with Crippen LogP contribution in [0.4, 0.5) is 0 Å². The largest absolute Gasteiger partial charge is 0.508 e. The lowest BCUT2D eigenvalue weighted by molar-refractivity contribution is -0.140. The Kier molecular flexibility index (Phi) is 6.25. The Balaban J connectivity index is 1.76. The number of ether oxygens (including phenoxy) is 2. The Morgan fingerprint density at radius 1 is 1.23 bits per heavy atom. The molecule has 0 saturated heterocycles. The van der Waals surface area contributed by atoms with E-state index in [1.807, 2.05) is 24.4 Å². The van der Waals surface area contributed by atoms with E-state index in [0.717, 1.165) is 5.70 Å². The highest BCUT2D eigenvalue weighted by Crippen LogP contribution is 2.46. The molecular weight excluding hydrogens is 414 g/mol. The number of dihydropyridines is 1. The molecule has 7 heteroatoms. The molecule has 31 heavy (non-hydrogen) atoms. The number of benzene rings is 1. The number of aromatic hydroxyl groups is 1. The molecule has 0 fully saturated rings. The van der Waals surface area contributed by atoms with Crippen LogP contribution in [0.2, 0.25) is 0 Å². The van der Waals surface area contributed by atoms with Gasteiger partial charge in [-0.25, -0.2) is 4.79 Å². The number of nitrogens with one attached hydrogen (secondary N) is 1. The van der Waals surface area contributed by atoms with Gasteiger partial charge in [-0.15, -0.1) is 11.3 Å². The van der Waals surface area contributed by atoms with Crippen LogP contribution in [0.15, 0.2) is 64.3 Å². The first-order chi connectivity index (χ1) is 15.0. The Labute approximate surface area is 185 Å². The van der Waals surface area contributed by atoms with Crippen LogP contribution >= 0.6 is 11.3 Å². The van der Waals surface area contributed by atoms with E-state index in [9.17, 15) is 14.7 Å². The minimum absolute atomic E-state index is 0.00943. The van der Waals surface area contributed by atoms with Gasteiger partial charge in [-0.3, -0.25) is 4.79 Å². The van der Waals surface area contributed by atoms with Gasteiger partial charge in [0.2, 0.25) is 0 Å². The predicted octanol–water partition coefficient (Wildman–Crippen LogP) is 4.00. The minimum atomic E-state index is -0.588. The van der Waals surface area contributed by atoms with E-state index in [4.69, 9.17) is 9.47 Å². The van der Waals surface area contributed by atoms with Crippen LogP contribution in [0.5, 0.6) is 5.75 Å². The van der Waals surface area contributed by atoms with Crippen LogP contribution in [0, 0.1) is 0 Å². The van der Waals surface area contributed by atoms with Crippen LogP contribution < -0.4 is 5.32 Å². The summed E-state index contributed by atoms with van der Waals surface area (Å²) in [5.74, 6) is -0.866. The van der Waals surface area contributed by atoms with E-state index in [1.165, 1.54) is 12.0 Å². The second kappa shape index (κ2) is 9.08. The second-order valence-corrected chi connectivity index (χ2v) is 8.74. The van der Waals surface area contributed by atoms with Gasteiger partial charge in [-0.05, 0) is 42.5 Å². The van der Waals surface area contributed by atoms with Gasteiger partial charge in [0, 0.05) is 47.2 Å². The number of rotatable bonds is 6. The van der Waals surface area contributed by atoms with E-state index < -0.39 is 11.9 Å². The zero-order chi connectivity index (χ0) is 22.0. The number of Topliss-reactive ketones (excluding diaryl/α,β-unsaturated/α-hetero) is 1. The summed E-state index contributed by atoms with van der Waals surface area (Å²) in [7, 11) is 1.54. The quantitative estimate of drug-likeness (QED) is 0.523. The van der Waals surface area contributed by atoms with Crippen LogP contribution in [0.25, 0.3) is 0 Å². The number of thiophene rings is 1. The fraction of sp³-hybridized carbons (Fsp3) is 0.333. The number of carbonyl (C=O) groups is 2. The molecule has 0 saturated carbocycles. The number of carbonyl (C=O) groups excluding carboxylic acids is 2. The van der Waals surface area contributed by atoms with Gasteiger partial charge in [0.1, 0.15) is 12.4 Å². The Bertz CT molecular complexity index is 1050. The topological polar surface area (TPSA) is 84.9 Å². The molecule has 2 aliphatic rings. The zero-order valence-corrected chi connectivity index (χ0v) is 18.3. The lowest BCUT2D eigenvalue weighted by Crippen LogP contribution is -2.36. The predicted molar refractivity (Wildman–Crippen MR) is 118 cm³/mol. The highest BCUT2D eigenvalue weighted by atomic mass is 32.1. The fourth-order valence-corrected chi connectivity index (χ4v) is 5.20. The molecule has 1 aromatic carbocycles. The first kappa shape index (κ1) is 21.3. The smallest absolute Gasteiger partial charge is 0.336 e. The molecule has 0 bridgehead atoms. The summed E-state index contributed by atoms with van der Waals surface area (Å²) < 4.78 is 10.4. The molecule has 0 radical (unpaired) electrons. The molecule has 162 valence electrons. The third-order valence-corrected chi connectivity index (χ3v) is 6.75. The van der Waals surface area contributed by atoms with Crippen molar-refractivity contribution in [3.8, 4) is 5.75 Å². The fourth-order valence-electron chi connectivity index (χ4n) is 4.37. The van der Waals surface area contributed by atoms with Crippen molar-refractivity contribution in [2.45, 2.75) is 31.6 Å². The maximum absolute atomic E-state index is 13.4. The summed E-state index contributed by atoms with van der Waals surface area (Å²) >= 11 is 1.65. The zero-order valence-electron chi connectivity index (χ0n) is 17.5.